The van der Waals surface area contributed by atoms with E-state index in [9.17, 15) is 9.59 Å². The van der Waals surface area contributed by atoms with Crippen molar-refractivity contribution in [1.29, 1.82) is 0 Å². The number of para-hydroxylation sites is 1. The van der Waals surface area contributed by atoms with Gasteiger partial charge < -0.3 is 0 Å². The maximum atomic E-state index is 12.6. The number of nitrogens with zero attached hydrogens (tertiary/aromatic N) is 4. The average molecular weight is 481 g/mol. The van der Waals surface area contributed by atoms with Gasteiger partial charge >= 0.3 is 186 Å². The summed E-state index contributed by atoms with van der Waals surface area (Å²) in [7, 11) is 3.16. The van der Waals surface area contributed by atoms with Gasteiger partial charge in [0.1, 0.15) is 0 Å². The van der Waals surface area contributed by atoms with Gasteiger partial charge in [0.15, 0.2) is 0 Å². The molecule has 1 aliphatic rings. The summed E-state index contributed by atoms with van der Waals surface area (Å²) in [5.41, 5.74) is 1.13. The Morgan fingerprint density at radius 1 is 0.933 bits per heavy atom. The first-order valence-electron chi connectivity index (χ1n) is 9.15. The second-order valence-corrected chi connectivity index (χ2v) is 9.26. The predicted molar refractivity (Wildman–Crippen MR) is 122 cm³/mol. The monoisotopic (exact) mass is 482 g/mol. The van der Waals surface area contributed by atoms with Crippen LogP contribution in [0.25, 0.3) is 6.08 Å². The molecule has 0 aliphatic carbocycles. The van der Waals surface area contributed by atoms with E-state index >= 15 is 0 Å². The zero-order valence-corrected chi connectivity index (χ0v) is 18.9. The molecule has 2 aromatic heterocycles. The number of hydrogen-bond acceptors (Lipinski definition) is 5. The van der Waals surface area contributed by atoms with E-state index in [1.54, 1.807) is 26.4 Å². The van der Waals surface area contributed by atoms with E-state index in [0.29, 0.717) is 0 Å². The minimum atomic E-state index is -0.377. The molecule has 0 spiro atoms. The van der Waals surface area contributed by atoms with Crippen LogP contribution in [0.1, 0.15) is 4.44 Å². The van der Waals surface area contributed by atoms with Gasteiger partial charge in [0.2, 0.25) is 0 Å². The van der Waals surface area contributed by atoms with Crippen molar-refractivity contribution in [2.75, 3.05) is 19.0 Å². The second-order valence-electron chi connectivity index (χ2n) is 6.60. The number of anilines is 3. The molecule has 1 saturated heterocycles. The molecular formula is C22H18N4O2SSe. The molecule has 1 fully saturated rings. The summed E-state index contributed by atoms with van der Waals surface area (Å²) in [5, 5.41) is 0.206. The van der Waals surface area contributed by atoms with E-state index in [1.807, 2.05) is 60.7 Å². The van der Waals surface area contributed by atoms with E-state index in [0.717, 1.165) is 20.5 Å². The van der Waals surface area contributed by atoms with Crippen molar-refractivity contribution in [3.8, 4) is 0 Å². The zero-order chi connectivity index (χ0) is 21.3. The molecule has 6 nitrogen and oxygen atoms in total. The van der Waals surface area contributed by atoms with Gasteiger partial charge in [-0.15, -0.1) is 0 Å². The summed E-state index contributed by atoms with van der Waals surface area (Å²) in [4.78, 5) is 34.5. The Morgan fingerprint density at radius 2 is 1.60 bits per heavy atom. The predicted octanol–water partition coefficient (Wildman–Crippen LogP) is 3.21. The first kappa shape index (κ1) is 20.2. The van der Waals surface area contributed by atoms with E-state index < -0.39 is 0 Å². The van der Waals surface area contributed by atoms with Crippen molar-refractivity contribution in [2.45, 2.75) is 0 Å². The van der Waals surface area contributed by atoms with Crippen LogP contribution in [0, 0.1) is 0 Å². The number of benzene rings is 1. The summed E-state index contributed by atoms with van der Waals surface area (Å²) >= 11 is 5.04. The number of thiocarbonyl (C=S) groups is 1. The van der Waals surface area contributed by atoms with Crippen LogP contribution < -0.4 is 4.90 Å². The van der Waals surface area contributed by atoms with E-state index in [1.165, 1.54) is 9.80 Å². The van der Waals surface area contributed by atoms with Crippen LogP contribution in [-0.2, 0) is 9.59 Å². The Labute approximate surface area is 185 Å². The molecule has 1 aromatic carbocycles. The molecule has 0 bridgehead atoms. The Hall–Kier alpha value is -3.06. The standard InChI is InChI=1S/C22H18N4O2SSe/c1-24-20(27)17(21(28)25(2)22(24)29)14-16-11-12-19(30-16)26(15-8-4-3-5-9-15)18-10-6-7-13-23-18/h3-14H,1-2H3. The minimum absolute atomic E-state index is 0.115. The summed E-state index contributed by atoms with van der Waals surface area (Å²) in [6, 6.07) is 19.8. The second kappa shape index (κ2) is 8.36. The molecule has 8 heteroatoms. The van der Waals surface area contributed by atoms with E-state index in [-0.39, 0.29) is 37.0 Å². The normalized spacial score (nSPS) is 14.3. The summed E-state index contributed by atoms with van der Waals surface area (Å²) in [6.45, 7) is 0. The van der Waals surface area contributed by atoms with Crippen molar-refractivity contribution in [3.05, 3.63) is 76.9 Å². The number of likely N-dealkylation sites (N-methyl/N-ethyl adjacent to an activating group) is 2. The molecule has 1 aliphatic heterocycles. The number of amides is 2. The number of pyridine rings is 1. The molecule has 3 heterocycles. The summed E-state index contributed by atoms with van der Waals surface area (Å²) in [5.74, 6) is 0.0598. The first-order valence-corrected chi connectivity index (χ1v) is 11.3. The van der Waals surface area contributed by atoms with Crippen LogP contribution in [0.5, 0.6) is 0 Å². The average Bonchev–Trinajstić information content (AvgIpc) is 3.24. The molecular weight excluding hydrogens is 463 g/mol. The Bertz CT molecular complexity index is 1080. The van der Waals surface area contributed by atoms with Gasteiger partial charge in [-0.05, 0) is 0 Å². The molecule has 30 heavy (non-hydrogen) atoms. The molecule has 4 rings (SSSR count). The fourth-order valence-corrected chi connectivity index (χ4v) is 5.32. The van der Waals surface area contributed by atoms with E-state index in [2.05, 4.69) is 9.88 Å². The zero-order valence-electron chi connectivity index (χ0n) is 16.4. The molecule has 150 valence electrons. The molecule has 0 unspecified atom stereocenters. The van der Waals surface area contributed by atoms with E-state index in [4.69, 9.17) is 12.2 Å². The molecule has 0 N–H and O–H groups in total. The molecule has 0 atom stereocenters. The van der Waals surface area contributed by atoms with Gasteiger partial charge in [0, 0.05) is 0 Å². The van der Waals surface area contributed by atoms with Crippen molar-refractivity contribution in [3.63, 3.8) is 0 Å². The van der Waals surface area contributed by atoms with Gasteiger partial charge in [-0.3, -0.25) is 0 Å². The van der Waals surface area contributed by atoms with Crippen molar-refractivity contribution >= 4 is 65.8 Å². The van der Waals surface area contributed by atoms with Gasteiger partial charge in [-0.25, -0.2) is 0 Å². The van der Waals surface area contributed by atoms with Crippen molar-refractivity contribution in [2.24, 2.45) is 0 Å². The molecule has 0 saturated carbocycles. The van der Waals surface area contributed by atoms with Crippen LogP contribution in [0.3, 0.4) is 0 Å². The Morgan fingerprint density at radius 3 is 2.23 bits per heavy atom. The number of aromatic nitrogens is 1. The maximum absolute atomic E-state index is 12.6. The van der Waals surface area contributed by atoms with Gasteiger partial charge in [0.05, 0.1) is 0 Å². The third kappa shape index (κ3) is 3.73. The number of hydrogen-bond donors (Lipinski definition) is 0. The Kier molecular flexibility index (Phi) is 5.63. The number of rotatable bonds is 4. The van der Waals surface area contributed by atoms with Crippen LogP contribution in [0.4, 0.5) is 16.1 Å². The van der Waals surface area contributed by atoms with Gasteiger partial charge in [-0.1, -0.05) is 0 Å². The number of carbonyl (C=O) groups is 2. The molecule has 3 aromatic rings. The molecule has 0 radical (unpaired) electrons. The van der Waals surface area contributed by atoms with Crippen LogP contribution in [0.2, 0.25) is 0 Å². The van der Waals surface area contributed by atoms with Gasteiger partial charge in [-0.2, -0.15) is 0 Å². The van der Waals surface area contributed by atoms with Crippen molar-refractivity contribution in [1.82, 2.24) is 14.8 Å². The summed E-state index contributed by atoms with van der Waals surface area (Å²) in [6.07, 6.45) is 3.45. The first-order chi connectivity index (χ1) is 14.5. The fraction of sp³-hybridized carbons (Fsp3) is 0.0909. The topological polar surface area (TPSA) is 56.8 Å². The van der Waals surface area contributed by atoms with Crippen LogP contribution >= 0.6 is 12.2 Å². The molecule has 2 amide bonds. The van der Waals surface area contributed by atoms with Gasteiger partial charge in [0.25, 0.3) is 0 Å². The third-order valence-electron chi connectivity index (χ3n) is 4.66. The number of carbonyl (C=O) groups excluding carboxylic acids is 2. The van der Waals surface area contributed by atoms with Crippen LogP contribution in [-0.4, -0.2) is 60.3 Å². The van der Waals surface area contributed by atoms with Crippen molar-refractivity contribution < 1.29 is 9.59 Å². The Balaban J connectivity index is 1.73. The van der Waals surface area contributed by atoms with Crippen LogP contribution in [0.15, 0.2) is 72.4 Å². The SMILES string of the molecule is CN1C(=O)C(=Cc2ccc(N(c3ccccc3)c3ccccn3)[se]2)C(=O)N(C)C1=S. The fourth-order valence-electron chi connectivity index (χ4n) is 3.09. The summed E-state index contributed by atoms with van der Waals surface area (Å²) < 4.78 is 1.99. The third-order valence-corrected chi connectivity index (χ3v) is 7.34. The quantitative estimate of drug-likeness (QED) is 0.248.